The van der Waals surface area contributed by atoms with Gasteiger partial charge in [-0.2, -0.15) is 0 Å². The number of nitrogens with zero attached hydrogens (tertiary/aromatic N) is 6. The second-order valence-electron chi connectivity index (χ2n) is 12.2. The van der Waals surface area contributed by atoms with E-state index in [9.17, 15) is 19.5 Å². The molecule has 1 N–H and O–H groups in total. The molecule has 2 aromatic carbocycles. The lowest BCUT2D eigenvalue weighted by Gasteiger charge is -2.39. The van der Waals surface area contributed by atoms with Gasteiger partial charge < -0.3 is 19.8 Å². The molecule has 6 atom stereocenters. The highest BCUT2D eigenvalue weighted by Gasteiger charge is 2.74. The standard InChI is InChI=1S/C33H36N6O4S/c1-3-17-36-18-9-15-32(2)26(29(36)41)27-30(42)39(25(20-40)22-11-5-4-6-12-22)28-31(43)37(19-10-16-33(27,28)44-32)21-38-24-14-8-7-13-23(24)34-35-38/h4-16,25-28,40H,3,17-21H2,1-2H3/t25-,26+,27+,28?,32-,33+/m1/s1. The lowest BCUT2D eigenvalue weighted by molar-refractivity contribution is -0.148. The molecule has 4 aliphatic rings. The number of carbonyl (C=O) groups excluding carboxylic acids is 3. The molecule has 1 spiro atoms. The number of benzene rings is 2. The van der Waals surface area contributed by atoms with Gasteiger partial charge in [0.1, 0.15) is 18.2 Å². The number of amides is 3. The van der Waals surface area contributed by atoms with Gasteiger partial charge in [-0.05, 0) is 31.0 Å². The van der Waals surface area contributed by atoms with Gasteiger partial charge in [-0.3, -0.25) is 14.4 Å². The molecule has 4 aliphatic heterocycles. The lowest BCUT2D eigenvalue weighted by Crippen LogP contribution is -2.54. The van der Waals surface area contributed by atoms with E-state index in [1.165, 1.54) is 0 Å². The molecule has 5 heterocycles. The number of carbonyl (C=O) groups is 3. The molecular formula is C33H36N6O4S. The van der Waals surface area contributed by atoms with Crippen LogP contribution in [0.4, 0.5) is 0 Å². The smallest absolute Gasteiger partial charge is 0.248 e. The zero-order valence-electron chi connectivity index (χ0n) is 24.8. The Balaban J connectivity index is 1.36. The van der Waals surface area contributed by atoms with Crippen LogP contribution >= 0.6 is 11.8 Å². The number of hydrogen-bond donors (Lipinski definition) is 1. The molecule has 0 aliphatic carbocycles. The van der Waals surface area contributed by atoms with Crippen molar-refractivity contribution in [3.8, 4) is 0 Å². The number of para-hydroxylation sites is 1. The maximum atomic E-state index is 14.9. The third kappa shape index (κ3) is 4.23. The Labute approximate surface area is 260 Å². The van der Waals surface area contributed by atoms with Crippen molar-refractivity contribution in [2.75, 3.05) is 26.2 Å². The molecule has 228 valence electrons. The molecule has 1 unspecified atom stereocenters. The highest BCUT2D eigenvalue weighted by atomic mass is 32.2. The van der Waals surface area contributed by atoms with Crippen molar-refractivity contribution in [3.63, 3.8) is 0 Å². The number of aliphatic hydroxyl groups is 1. The number of fused-ring (bicyclic) bond motifs is 3. The third-order valence-electron chi connectivity index (χ3n) is 9.57. The SMILES string of the molecule is CCCN1CC=C[C@@]2(C)S[C@]34C=CCN(Cn5nnc6ccccc65)C(=O)C3N([C@H](CO)c3ccccc3)C(=O)[C@@H]4[C@H]2C1=O. The second kappa shape index (κ2) is 10.9. The molecule has 11 heteroatoms. The van der Waals surface area contributed by atoms with Crippen molar-refractivity contribution in [1.29, 1.82) is 0 Å². The highest BCUT2D eigenvalue weighted by Crippen LogP contribution is 2.66. The van der Waals surface area contributed by atoms with Crippen molar-refractivity contribution in [2.24, 2.45) is 11.8 Å². The van der Waals surface area contributed by atoms with Crippen molar-refractivity contribution in [1.82, 2.24) is 29.7 Å². The fraction of sp³-hybridized carbons (Fsp3) is 0.424. The fourth-order valence-corrected chi connectivity index (χ4v) is 9.85. The minimum atomic E-state index is -1.01. The molecule has 1 aromatic heterocycles. The fourth-order valence-electron chi connectivity index (χ4n) is 7.70. The lowest BCUT2D eigenvalue weighted by atomic mass is 9.74. The van der Waals surface area contributed by atoms with Gasteiger partial charge in [0.05, 0.1) is 34.7 Å². The van der Waals surface area contributed by atoms with Crippen molar-refractivity contribution in [3.05, 3.63) is 84.5 Å². The summed E-state index contributed by atoms with van der Waals surface area (Å²) in [6, 6.07) is 15.2. The maximum absolute atomic E-state index is 14.9. The monoisotopic (exact) mass is 612 g/mol. The first-order chi connectivity index (χ1) is 21.3. The first-order valence-corrected chi connectivity index (χ1v) is 16.0. The summed E-state index contributed by atoms with van der Waals surface area (Å²) in [6.07, 6.45) is 8.87. The van der Waals surface area contributed by atoms with E-state index in [0.29, 0.717) is 19.6 Å². The van der Waals surface area contributed by atoms with Gasteiger partial charge in [0, 0.05) is 24.4 Å². The minimum absolute atomic E-state index is 0.0565. The van der Waals surface area contributed by atoms with E-state index >= 15 is 0 Å². The molecule has 2 saturated heterocycles. The Morgan fingerprint density at radius 1 is 0.932 bits per heavy atom. The number of likely N-dealkylation sites (tertiary alicyclic amines) is 1. The average Bonchev–Trinajstić information content (AvgIpc) is 3.56. The van der Waals surface area contributed by atoms with E-state index in [1.54, 1.807) is 26.2 Å². The first kappa shape index (κ1) is 28.8. The Morgan fingerprint density at radius 3 is 2.43 bits per heavy atom. The molecule has 3 amide bonds. The van der Waals surface area contributed by atoms with Gasteiger partial charge in [0.15, 0.2) is 0 Å². The zero-order chi connectivity index (χ0) is 30.6. The molecule has 7 rings (SSSR count). The average molecular weight is 613 g/mol. The topological polar surface area (TPSA) is 112 Å². The van der Waals surface area contributed by atoms with Crippen LogP contribution in [0.3, 0.4) is 0 Å². The number of hydrogen-bond acceptors (Lipinski definition) is 7. The predicted molar refractivity (Wildman–Crippen MR) is 167 cm³/mol. The first-order valence-electron chi connectivity index (χ1n) is 15.2. The van der Waals surface area contributed by atoms with Gasteiger partial charge in [0.2, 0.25) is 17.7 Å². The normalized spacial score (nSPS) is 30.4. The molecule has 2 fully saturated rings. The Morgan fingerprint density at radius 2 is 1.66 bits per heavy atom. The zero-order valence-corrected chi connectivity index (χ0v) is 25.6. The van der Waals surface area contributed by atoms with Crippen molar-refractivity contribution < 1.29 is 19.5 Å². The summed E-state index contributed by atoms with van der Waals surface area (Å²) in [4.78, 5) is 49.1. The van der Waals surface area contributed by atoms with Gasteiger partial charge in [-0.15, -0.1) is 16.9 Å². The predicted octanol–water partition coefficient (Wildman–Crippen LogP) is 3.02. The van der Waals surface area contributed by atoms with Crippen LogP contribution in [0.5, 0.6) is 0 Å². The summed E-state index contributed by atoms with van der Waals surface area (Å²) in [6.45, 7) is 5.25. The van der Waals surface area contributed by atoms with Crippen LogP contribution in [0, 0.1) is 11.8 Å². The van der Waals surface area contributed by atoms with Crippen LogP contribution in [-0.2, 0) is 21.1 Å². The molecule has 10 nitrogen and oxygen atoms in total. The molecular weight excluding hydrogens is 576 g/mol. The van der Waals surface area contributed by atoms with Gasteiger partial charge >= 0.3 is 0 Å². The van der Waals surface area contributed by atoms with Crippen LogP contribution in [0.2, 0.25) is 0 Å². The number of aliphatic hydroxyl groups excluding tert-OH is 1. The van der Waals surface area contributed by atoms with E-state index in [-0.39, 0.29) is 31.0 Å². The van der Waals surface area contributed by atoms with Crippen molar-refractivity contribution in [2.45, 2.75) is 48.5 Å². The maximum Gasteiger partial charge on any atom is 0.248 e. The summed E-state index contributed by atoms with van der Waals surface area (Å²) in [5.74, 6) is -2.00. The quantitative estimate of drug-likeness (QED) is 0.409. The number of rotatable bonds is 7. The number of aromatic nitrogens is 3. The van der Waals surface area contributed by atoms with Crippen molar-refractivity contribution >= 4 is 40.5 Å². The van der Waals surface area contributed by atoms with Crippen LogP contribution in [-0.4, -0.2) is 94.3 Å². The van der Waals surface area contributed by atoms with E-state index < -0.39 is 33.4 Å². The molecule has 0 bridgehead atoms. The van der Waals surface area contributed by atoms with Crippen LogP contribution in [0.1, 0.15) is 31.9 Å². The van der Waals surface area contributed by atoms with Gasteiger partial charge in [0.25, 0.3) is 0 Å². The van der Waals surface area contributed by atoms with Crippen LogP contribution in [0.25, 0.3) is 11.0 Å². The summed E-state index contributed by atoms with van der Waals surface area (Å²) < 4.78 is -0.00188. The summed E-state index contributed by atoms with van der Waals surface area (Å²) in [5.41, 5.74) is 2.26. The third-order valence-corrected chi connectivity index (χ3v) is 11.4. The Kier molecular flexibility index (Phi) is 7.12. The molecule has 0 saturated carbocycles. The highest BCUT2D eigenvalue weighted by molar-refractivity contribution is 8.02. The van der Waals surface area contributed by atoms with E-state index in [2.05, 4.69) is 16.4 Å². The summed E-state index contributed by atoms with van der Waals surface area (Å²) in [7, 11) is 0. The number of thioether (sulfide) groups is 1. The minimum Gasteiger partial charge on any atom is -0.394 e. The van der Waals surface area contributed by atoms with Crippen LogP contribution in [0.15, 0.2) is 78.9 Å². The van der Waals surface area contributed by atoms with E-state index in [4.69, 9.17) is 0 Å². The largest absolute Gasteiger partial charge is 0.394 e. The summed E-state index contributed by atoms with van der Waals surface area (Å²) in [5, 5.41) is 19.4. The Hall–Kier alpha value is -3.96. The molecule has 44 heavy (non-hydrogen) atoms. The summed E-state index contributed by atoms with van der Waals surface area (Å²) >= 11 is 1.55. The second-order valence-corrected chi connectivity index (χ2v) is 14.0. The van der Waals surface area contributed by atoms with Gasteiger partial charge in [-0.25, -0.2) is 4.68 Å². The van der Waals surface area contributed by atoms with E-state index in [1.807, 2.05) is 91.6 Å². The Bertz CT molecular complexity index is 1670. The molecule has 0 radical (unpaired) electrons. The van der Waals surface area contributed by atoms with Gasteiger partial charge in [-0.1, -0.05) is 78.9 Å². The molecule has 3 aromatic rings. The van der Waals surface area contributed by atoms with Crippen LogP contribution < -0.4 is 0 Å². The van der Waals surface area contributed by atoms with E-state index in [0.717, 1.165) is 23.0 Å².